The second-order valence-corrected chi connectivity index (χ2v) is 9.77. The molecule has 0 saturated carbocycles. The molecule has 0 unspecified atom stereocenters. The summed E-state index contributed by atoms with van der Waals surface area (Å²) in [6, 6.07) is 14.7. The third-order valence-corrected chi connectivity index (χ3v) is 5.51. The van der Waals surface area contributed by atoms with Crippen molar-refractivity contribution in [3.05, 3.63) is 64.7 Å². The molecule has 37 heavy (non-hydrogen) atoms. The van der Waals surface area contributed by atoms with Gasteiger partial charge in [0.05, 0.1) is 25.1 Å². The van der Waals surface area contributed by atoms with Crippen molar-refractivity contribution in [2.75, 3.05) is 25.0 Å². The highest BCUT2D eigenvalue weighted by molar-refractivity contribution is 6.31. The summed E-state index contributed by atoms with van der Waals surface area (Å²) in [6.45, 7) is 9.43. The topological polar surface area (TPSA) is 100 Å². The Morgan fingerprint density at radius 1 is 1.00 bits per heavy atom. The summed E-state index contributed by atoms with van der Waals surface area (Å²) < 4.78 is 5.20. The van der Waals surface area contributed by atoms with Crippen molar-refractivity contribution in [3.8, 4) is 0 Å². The first-order valence-electron chi connectivity index (χ1n) is 12.3. The van der Waals surface area contributed by atoms with Gasteiger partial charge >= 0.3 is 6.09 Å². The van der Waals surface area contributed by atoms with Crippen LogP contribution in [0.5, 0.6) is 0 Å². The molecule has 202 valence electrons. The average Bonchev–Trinajstić information content (AvgIpc) is 2.83. The maximum atomic E-state index is 13.0. The van der Waals surface area contributed by atoms with Crippen molar-refractivity contribution in [3.63, 3.8) is 0 Å². The first-order chi connectivity index (χ1) is 17.5. The van der Waals surface area contributed by atoms with Crippen molar-refractivity contribution in [2.24, 2.45) is 0 Å². The molecule has 2 N–H and O–H groups in total. The van der Waals surface area contributed by atoms with Crippen molar-refractivity contribution in [1.29, 1.82) is 0 Å². The largest absolute Gasteiger partial charge is 0.449 e. The molecule has 2 aromatic carbocycles. The molecule has 9 nitrogen and oxygen atoms in total. The van der Waals surface area contributed by atoms with Crippen LogP contribution in [0.2, 0.25) is 5.02 Å². The predicted octanol–water partition coefficient (Wildman–Crippen LogP) is 4.95. The summed E-state index contributed by atoms with van der Waals surface area (Å²) in [5.74, 6) is -0.591. The molecular formula is C27H37ClN4O5. The van der Waals surface area contributed by atoms with Crippen LogP contribution in [-0.2, 0) is 32.1 Å². The number of nitrogens with zero attached hydrogens (tertiary/aromatic N) is 2. The first kappa shape index (κ1) is 30.1. The smallest absolute Gasteiger partial charge is 0.411 e. The zero-order valence-corrected chi connectivity index (χ0v) is 22.9. The van der Waals surface area contributed by atoms with Crippen LogP contribution in [0.1, 0.15) is 52.2 Å². The lowest BCUT2D eigenvalue weighted by Crippen LogP contribution is -2.48. The summed E-state index contributed by atoms with van der Waals surface area (Å²) in [5, 5.41) is 5.82. The number of amides is 3. The van der Waals surface area contributed by atoms with Crippen LogP contribution in [0.15, 0.2) is 48.5 Å². The van der Waals surface area contributed by atoms with E-state index in [1.165, 1.54) is 17.0 Å². The van der Waals surface area contributed by atoms with Gasteiger partial charge in [0.15, 0.2) is 0 Å². The number of nitrogens with one attached hydrogen (secondary N) is 2. The Kier molecular flexibility index (Phi) is 11.8. The molecule has 0 radical (unpaired) electrons. The Labute approximate surface area is 224 Å². The molecule has 0 fully saturated rings. The van der Waals surface area contributed by atoms with Crippen LogP contribution < -0.4 is 10.7 Å². The number of hydrazine groups is 1. The lowest BCUT2D eigenvalue weighted by molar-refractivity contribution is -0.226. The minimum absolute atomic E-state index is 0.0576. The number of halogens is 1. The lowest BCUT2D eigenvalue weighted by atomic mass is 10.1. The van der Waals surface area contributed by atoms with E-state index >= 15 is 0 Å². The molecule has 3 amide bonds. The van der Waals surface area contributed by atoms with E-state index in [0.717, 1.165) is 17.5 Å². The van der Waals surface area contributed by atoms with Gasteiger partial charge in [-0.25, -0.2) is 15.3 Å². The third-order valence-electron chi connectivity index (χ3n) is 5.14. The fraction of sp³-hybridized carbons (Fsp3) is 0.444. The van der Waals surface area contributed by atoms with E-state index in [4.69, 9.17) is 21.2 Å². The molecule has 0 saturated heterocycles. The summed E-state index contributed by atoms with van der Waals surface area (Å²) in [6.07, 6.45) is 0.201. The van der Waals surface area contributed by atoms with Gasteiger partial charge in [-0.15, -0.1) is 0 Å². The van der Waals surface area contributed by atoms with Gasteiger partial charge in [-0.1, -0.05) is 48.9 Å². The molecule has 0 heterocycles. The Bertz CT molecular complexity index is 1040. The highest BCUT2D eigenvalue weighted by Crippen LogP contribution is 2.15. The molecule has 2 aromatic rings. The number of rotatable bonds is 12. The Morgan fingerprint density at radius 3 is 2.27 bits per heavy atom. The first-order valence-corrected chi connectivity index (χ1v) is 12.6. The minimum Gasteiger partial charge on any atom is -0.449 e. The zero-order valence-electron chi connectivity index (χ0n) is 22.2. The van der Waals surface area contributed by atoms with E-state index in [1.54, 1.807) is 18.2 Å². The quantitative estimate of drug-likeness (QED) is 0.375. The van der Waals surface area contributed by atoms with Crippen molar-refractivity contribution < 1.29 is 24.0 Å². The molecule has 0 bridgehead atoms. The number of carbonyl (C=O) groups excluding carboxylic acids is 3. The number of hydrogen-bond acceptors (Lipinski definition) is 6. The Morgan fingerprint density at radius 2 is 1.68 bits per heavy atom. The molecular weight excluding hydrogens is 496 g/mol. The van der Waals surface area contributed by atoms with Gasteiger partial charge in [0.25, 0.3) is 0 Å². The Hall–Kier alpha value is -3.14. The van der Waals surface area contributed by atoms with E-state index in [0.29, 0.717) is 17.3 Å². The van der Waals surface area contributed by atoms with Crippen LogP contribution in [0.3, 0.4) is 0 Å². The Balaban J connectivity index is 1.96. The number of anilines is 1. The summed E-state index contributed by atoms with van der Waals surface area (Å²) >= 11 is 6.25. The fourth-order valence-corrected chi connectivity index (χ4v) is 3.45. The van der Waals surface area contributed by atoms with E-state index in [9.17, 15) is 14.4 Å². The van der Waals surface area contributed by atoms with Crippen LogP contribution in [0.4, 0.5) is 10.5 Å². The third kappa shape index (κ3) is 11.2. The number of aryl methyl sites for hydroxylation is 1. The van der Waals surface area contributed by atoms with Gasteiger partial charge in [0, 0.05) is 24.2 Å². The number of benzene rings is 2. The van der Waals surface area contributed by atoms with Crippen LogP contribution >= 0.6 is 11.6 Å². The van der Waals surface area contributed by atoms with E-state index < -0.39 is 11.7 Å². The van der Waals surface area contributed by atoms with E-state index in [2.05, 4.69) is 17.7 Å². The van der Waals surface area contributed by atoms with Gasteiger partial charge < -0.3 is 4.74 Å². The van der Waals surface area contributed by atoms with Crippen molar-refractivity contribution in [1.82, 2.24) is 15.5 Å². The molecule has 0 atom stereocenters. The second kappa shape index (κ2) is 14.6. The van der Waals surface area contributed by atoms with Crippen LogP contribution in [0, 0.1) is 0 Å². The molecule has 0 aromatic heterocycles. The van der Waals surface area contributed by atoms with Gasteiger partial charge in [-0.3, -0.25) is 24.8 Å². The lowest BCUT2D eigenvalue weighted by Gasteiger charge is -2.31. The van der Waals surface area contributed by atoms with Crippen LogP contribution in [0.25, 0.3) is 0 Å². The van der Waals surface area contributed by atoms with Crippen LogP contribution in [-0.4, -0.2) is 53.3 Å². The summed E-state index contributed by atoms with van der Waals surface area (Å²) in [7, 11) is 0. The minimum atomic E-state index is -0.644. The van der Waals surface area contributed by atoms with E-state index in [1.807, 2.05) is 51.1 Å². The van der Waals surface area contributed by atoms with Gasteiger partial charge in [-0.2, -0.15) is 0 Å². The molecule has 10 heteroatoms. The zero-order chi connectivity index (χ0) is 27.4. The van der Waals surface area contributed by atoms with E-state index in [-0.39, 0.29) is 37.9 Å². The highest BCUT2D eigenvalue weighted by atomic mass is 35.5. The predicted molar refractivity (Wildman–Crippen MR) is 144 cm³/mol. The summed E-state index contributed by atoms with van der Waals surface area (Å²) in [4.78, 5) is 42.9. The van der Waals surface area contributed by atoms with Crippen molar-refractivity contribution >= 4 is 35.2 Å². The number of hydrogen-bond donors (Lipinski definition) is 2. The maximum Gasteiger partial charge on any atom is 0.411 e. The number of carbonyl (C=O) groups is 3. The monoisotopic (exact) mass is 532 g/mol. The summed E-state index contributed by atoms with van der Waals surface area (Å²) in [5.41, 5.74) is 5.07. The number of hydroxylamine groups is 2. The maximum absolute atomic E-state index is 13.0. The normalized spacial score (nSPS) is 11.1. The van der Waals surface area contributed by atoms with Gasteiger partial charge in [0.2, 0.25) is 11.8 Å². The SMILES string of the molecule is CCc1ccc(NC(=O)OCCC(=O)N(CCN(OC(C)(C)C)C(C)=O)NCc2ccccc2Cl)cc1. The molecule has 0 spiro atoms. The number of ether oxygens (including phenoxy) is 1. The molecule has 0 aliphatic rings. The highest BCUT2D eigenvalue weighted by Gasteiger charge is 2.22. The van der Waals surface area contributed by atoms with Gasteiger partial charge in [-0.05, 0) is 56.5 Å². The average molecular weight is 533 g/mol. The van der Waals surface area contributed by atoms with Gasteiger partial charge in [0.1, 0.15) is 6.61 Å². The second-order valence-electron chi connectivity index (χ2n) is 9.36. The van der Waals surface area contributed by atoms with Crippen molar-refractivity contribution in [2.45, 2.75) is 59.6 Å². The molecule has 0 aliphatic heterocycles. The molecule has 0 aliphatic carbocycles. The fourth-order valence-electron chi connectivity index (χ4n) is 3.25. The standard InChI is InChI=1S/C27H37ClN4O5/c1-6-21-11-13-23(14-12-21)30-26(35)36-18-15-25(34)31(29-19-22-9-7-8-10-24(22)28)16-17-32(20(2)33)37-27(3,4)5/h7-14,29H,6,15-19H2,1-5H3,(H,30,35). The molecule has 2 rings (SSSR count).